The number of alkyl carbamates (subject to hydrolysis) is 1. The maximum Gasteiger partial charge on any atom is 0.408 e. The minimum Gasteiger partial charge on any atom is -0.466 e. The van der Waals surface area contributed by atoms with Crippen molar-refractivity contribution < 1.29 is 28.7 Å². The third-order valence-corrected chi connectivity index (χ3v) is 6.03. The Morgan fingerprint density at radius 1 is 0.949 bits per heavy atom. The molecule has 3 amide bonds. The van der Waals surface area contributed by atoms with Crippen LogP contribution in [0.2, 0.25) is 0 Å². The monoisotopic (exact) mass is 547 g/mol. The topological polar surface area (TPSA) is 114 Å². The summed E-state index contributed by atoms with van der Waals surface area (Å²) >= 11 is 0. The Labute approximate surface area is 234 Å². The van der Waals surface area contributed by atoms with Gasteiger partial charge >= 0.3 is 12.1 Å². The summed E-state index contributed by atoms with van der Waals surface area (Å²) in [6.07, 6.45) is 5.43. The first-order chi connectivity index (χ1) is 18.4. The molecule has 9 nitrogen and oxygen atoms in total. The fraction of sp³-hybridized carbons (Fsp3) is 0.667. The molecule has 0 aliphatic rings. The average molecular weight is 548 g/mol. The van der Waals surface area contributed by atoms with Crippen molar-refractivity contribution in [2.75, 3.05) is 19.7 Å². The predicted molar refractivity (Wildman–Crippen MR) is 152 cm³/mol. The summed E-state index contributed by atoms with van der Waals surface area (Å²) < 4.78 is 10.3. The van der Waals surface area contributed by atoms with Gasteiger partial charge in [-0.15, -0.1) is 0 Å². The average Bonchev–Trinajstić information content (AvgIpc) is 2.84. The summed E-state index contributed by atoms with van der Waals surface area (Å²) in [4.78, 5) is 53.0. The fourth-order valence-corrected chi connectivity index (χ4v) is 4.06. The molecule has 39 heavy (non-hydrogen) atoms. The van der Waals surface area contributed by atoms with Crippen molar-refractivity contribution in [1.82, 2.24) is 15.5 Å². The maximum absolute atomic E-state index is 13.8. The second-order valence-electron chi connectivity index (χ2n) is 10.8. The lowest BCUT2D eigenvalue weighted by Gasteiger charge is -2.34. The van der Waals surface area contributed by atoms with Gasteiger partial charge in [-0.05, 0) is 53.5 Å². The first-order valence-electron chi connectivity index (χ1n) is 14.2. The first kappa shape index (κ1) is 33.9. The van der Waals surface area contributed by atoms with Crippen LogP contribution in [0.5, 0.6) is 0 Å². The van der Waals surface area contributed by atoms with Crippen LogP contribution in [0.3, 0.4) is 0 Å². The number of carbonyl (C=O) groups excluding carboxylic acids is 4. The number of amides is 3. The first-order valence-corrected chi connectivity index (χ1v) is 14.2. The molecule has 0 spiro atoms. The number of ether oxygens (including phenoxy) is 2. The summed E-state index contributed by atoms with van der Waals surface area (Å²) in [6.45, 7) is 13.4. The molecule has 0 aliphatic carbocycles. The fourth-order valence-electron chi connectivity index (χ4n) is 4.06. The largest absolute Gasteiger partial charge is 0.466 e. The van der Waals surface area contributed by atoms with Crippen molar-refractivity contribution >= 4 is 23.9 Å². The van der Waals surface area contributed by atoms with Gasteiger partial charge in [-0.2, -0.15) is 0 Å². The summed E-state index contributed by atoms with van der Waals surface area (Å²) in [7, 11) is 0. The van der Waals surface area contributed by atoms with Gasteiger partial charge in [-0.25, -0.2) is 4.79 Å². The van der Waals surface area contributed by atoms with Gasteiger partial charge in [0.2, 0.25) is 11.8 Å². The molecule has 220 valence electrons. The highest BCUT2D eigenvalue weighted by atomic mass is 16.6. The number of nitrogens with one attached hydrogen (secondary N) is 2. The van der Waals surface area contributed by atoms with E-state index in [1.54, 1.807) is 34.6 Å². The minimum absolute atomic E-state index is 0.0299. The lowest BCUT2D eigenvalue weighted by Crippen LogP contribution is -2.52. The van der Waals surface area contributed by atoms with Crippen LogP contribution in [-0.2, 0) is 23.9 Å². The third-order valence-electron chi connectivity index (χ3n) is 6.03. The Bertz CT molecular complexity index is 910. The lowest BCUT2D eigenvalue weighted by atomic mass is 10.0. The van der Waals surface area contributed by atoms with E-state index < -0.39 is 35.7 Å². The number of esters is 1. The molecule has 2 unspecified atom stereocenters. The van der Waals surface area contributed by atoms with E-state index in [2.05, 4.69) is 17.6 Å². The molecular weight excluding hydrogens is 498 g/mol. The number of carbonyl (C=O) groups is 4. The molecule has 1 aromatic rings. The molecule has 1 rings (SSSR count). The smallest absolute Gasteiger partial charge is 0.408 e. The summed E-state index contributed by atoms with van der Waals surface area (Å²) in [6, 6.07) is 5.60. The number of hydrogen-bond donors (Lipinski definition) is 2. The van der Waals surface area contributed by atoms with E-state index in [4.69, 9.17) is 9.47 Å². The summed E-state index contributed by atoms with van der Waals surface area (Å²) in [5.41, 5.74) is 0.959. The number of hydrogen-bond acceptors (Lipinski definition) is 6. The molecule has 0 radical (unpaired) electrons. The number of rotatable bonds is 16. The molecule has 2 N–H and O–H groups in total. The van der Waals surface area contributed by atoms with Crippen molar-refractivity contribution in [1.29, 1.82) is 0 Å². The molecule has 9 heteroatoms. The molecule has 1 aromatic carbocycles. The van der Waals surface area contributed by atoms with Gasteiger partial charge in [0.25, 0.3) is 0 Å². The van der Waals surface area contributed by atoms with E-state index in [9.17, 15) is 19.2 Å². The molecular formula is C30H49N3O6. The van der Waals surface area contributed by atoms with Crippen LogP contribution >= 0.6 is 0 Å². The minimum atomic E-state index is -0.932. The van der Waals surface area contributed by atoms with Gasteiger partial charge in [0.1, 0.15) is 17.7 Å². The van der Waals surface area contributed by atoms with Gasteiger partial charge in [0, 0.05) is 13.1 Å². The number of aryl methyl sites for hydroxylation is 1. The van der Waals surface area contributed by atoms with Crippen LogP contribution in [-0.4, -0.2) is 60.1 Å². The van der Waals surface area contributed by atoms with Crippen LogP contribution in [0.15, 0.2) is 24.3 Å². The Morgan fingerprint density at radius 3 is 2.15 bits per heavy atom. The quantitative estimate of drug-likeness (QED) is 0.217. The molecule has 0 aromatic heterocycles. The summed E-state index contributed by atoms with van der Waals surface area (Å²) in [5, 5.41) is 5.42. The van der Waals surface area contributed by atoms with Crippen LogP contribution in [0.1, 0.15) is 104 Å². The predicted octanol–water partition coefficient (Wildman–Crippen LogP) is 5.21. The van der Waals surface area contributed by atoms with Gasteiger partial charge in [-0.1, -0.05) is 68.9 Å². The van der Waals surface area contributed by atoms with Crippen molar-refractivity contribution in [3.8, 4) is 0 Å². The molecule has 0 saturated carbocycles. The second kappa shape index (κ2) is 17.5. The van der Waals surface area contributed by atoms with E-state index in [1.807, 2.05) is 31.2 Å². The molecule has 2 atom stereocenters. The zero-order valence-corrected chi connectivity index (χ0v) is 24.9. The van der Waals surface area contributed by atoms with Crippen molar-refractivity contribution in [2.24, 2.45) is 0 Å². The van der Waals surface area contributed by atoms with E-state index >= 15 is 0 Å². The standard InChI is InChI=1S/C30H49N3O6/c1-8-10-11-12-13-14-21-33(28(36)23(4)32-29(37)39-30(5,6)7)26(24-17-15-22(3)16-18-24)27(35)31-20-19-25(34)38-9-2/h15-18,23,26H,8-14,19-21H2,1-7H3,(H,31,35)(H,32,37). The third kappa shape index (κ3) is 13.5. The van der Waals surface area contributed by atoms with Crippen molar-refractivity contribution in [2.45, 2.75) is 111 Å². The van der Waals surface area contributed by atoms with Crippen molar-refractivity contribution in [3.63, 3.8) is 0 Å². The maximum atomic E-state index is 13.8. The zero-order chi connectivity index (χ0) is 29.4. The van der Waals surface area contributed by atoms with Crippen molar-refractivity contribution in [3.05, 3.63) is 35.4 Å². The zero-order valence-electron chi connectivity index (χ0n) is 24.9. The molecule has 0 aliphatic heterocycles. The highest BCUT2D eigenvalue weighted by Crippen LogP contribution is 2.24. The molecule has 0 heterocycles. The SMILES string of the molecule is CCCCCCCCN(C(=O)C(C)NC(=O)OC(C)(C)C)C(C(=O)NCCC(=O)OCC)c1ccc(C)cc1. The highest BCUT2D eigenvalue weighted by molar-refractivity contribution is 5.92. The van der Waals surface area contributed by atoms with Gasteiger partial charge in [0.15, 0.2) is 0 Å². The molecule has 0 saturated heterocycles. The van der Waals surface area contributed by atoms with Gasteiger partial charge in [0.05, 0.1) is 13.0 Å². The molecule has 0 fully saturated rings. The second-order valence-corrected chi connectivity index (χ2v) is 10.8. The van der Waals surface area contributed by atoms with E-state index in [1.165, 1.54) is 4.90 Å². The van der Waals surface area contributed by atoms with Crippen LogP contribution in [0.4, 0.5) is 4.79 Å². The van der Waals surface area contributed by atoms with Crippen LogP contribution in [0.25, 0.3) is 0 Å². The number of unbranched alkanes of at least 4 members (excludes halogenated alkanes) is 5. The lowest BCUT2D eigenvalue weighted by molar-refractivity contribution is -0.144. The highest BCUT2D eigenvalue weighted by Gasteiger charge is 2.34. The van der Waals surface area contributed by atoms with Gasteiger partial charge < -0.3 is 25.0 Å². The Balaban J connectivity index is 3.21. The number of nitrogens with zero attached hydrogens (tertiary/aromatic N) is 1. The Morgan fingerprint density at radius 2 is 1.56 bits per heavy atom. The Kier molecular flexibility index (Phi) is 15.2. The molecule has 0 bridgehead atoms. The number of benzene rings is 1. The van der Waals surface area contributed by atoms with Crippen LogP contribution in [0, 0.1) is 6.92 Å². The van der Waals surface area contributed by atoms with E-state index in [-0.39, 0.29) is 25.5 Å². The van der Waals surface area contributed by atoms with E-state index in [0.29, 0.717) is 18.5 Å². The van der Waals surface area contributed by atoms with Crippen LogP contribution < -0.4 is 10.6 Å². The van der Waals surface area contributed by atoms with E-state index in [0.717, 1.165) is 37.7 Å². The normalized spacial score (nSPS) is 12.7. The summed E-state index contributed by atoms with van der Waals surface area (Å²) in [5.74, 6) is -1.19. The Hall–Kier alpha value is -3.10. The van der Waals surface area contributed by atoms with Gasteiger partial charge in [-0.3, -0.25) is 14.4 Å².